The van der Waals surface area contributed by atoms with E-state index in [9.17, 15) is 14.9 Å². The van der Waals surface area contributed by atoms with Crippen molar-refractivity contribution < 1.29 is 0 Å². The second-order valence-corrected chi connectivity index (χ2v) is 7.60. The maximum atomic E-state index is 12.6. The van der Waals surface area contributed by atoms with E-state index < -0.39 is 0 Å². The van der Waals surface area contributed by atoms with E-state index in [0.29, 0.717) is 27.9 Å². The van der Waals surface area contributed by atoms with Gasteiger partial charge in [0.25, 0.3) is 5.56 Å². The minimum atomic E-state index is -0.308. The highest BCUT2D eigenvalue weighted by Gasteiger charge is 2.17. The molecule has 0 unspecified atom stereocenters. The van der Waals surface area contributed by atoms with Crippen LogP contribution in [-0.2, 0) is 0 Å². The summed E-state index contributed by atoms with van der Waals surface area (Å²) in [4.78, 5) is 32.6. The Balaban J connectivity index is 2.11. The molecule has 0 amide bonds. The summed E-state index contributed by atoms with van der Waals surface area (Å²) in [6, 6.07) is 15.9. The van der Waals surface area contributed by atoms with Crippen LogP contribution in [0.4, 0.5) is 0 Å². The highest BCUT2D eigenvalue weighted by Crippen LogP contribution is 2.33. The van der Waals surface area contributed by atoms with Gasteiger partial charge in [0, 0.05) is 35.0 Å². The molecule has 1 N–H and O–H groups in total. The molecular formula is C23H17ClN4O2. The monoisotopic (exact) mass is 416 g/mol. The van der Waals surface area contributed by atoms with Crippen LogP contribution in [0.3, 0.4) is 0 Å². The summed E-state index contributed by atoms with van der Waals surface area (Å²) >= 11 is 6.24. The standard InChI is InChI=1S/C23H17ClN4O2/c1-13(2)28-12-15(8-19(24)23(28)30)17-10-18-20(29)9-16(11-25)26-22(18)27-21(17)14-6-4-3-5-7-14/h3-10,12-13H,1-2H3,(H,26,27,29). The van der Waals surface area contributed by atoms with Gasteiger partial charge in [-0.2, -0.15) is 5.26 Å². The fourth-order valence-electron chi connectivity index (χ4n) is 3.36. The zero-order chi connectivity index (χ0) is 21.4. The summed E-state index contributed by atoms with van der Waals surface area (Å²) in [5.74, 6) is 0. The molecule has 0 spiro atoms. The molecular weight excluding hydrogens is 400 g/mol. The number of hydrogen-bond donors (Lipinski definition) is 1. The van der Waals surface area contributed by atoms with Crippen molar-refractivity contribution in [2.24, 2.45) is 0 Å². The van der Waals surface area contributed by atoms with E-state index in [0.717, 1.165) is 5.56 Å². The number of hydrogen-bond acceptors (Lipinski definition) is 4. The Bertz CT molecular complexity index is 1430. The van der Waals surface area contributed by atoms with E-state index in [4.69, 9.17) is 11.6 Å². The van der Waals surface area contributed by atoms with Gasteiger partial charge in [-0.3, -0.25) is 9.59 Å². The SMILES string of the molecule is CC(C)n1cc(-c2cc3c(=O)cc(C#N)[nH]c3nc2-c2ccccc2)cc(Cl)c1=O. The third kappa shape index (κ3) is 3.40. The van der Waals surface area contributed by atoms with Crippen LogP contribution in [0.2, 0.25) is 5.02 Å². The normalized spacial score (nSPS) is 11.0. The summed E-state index contributed by atoms with van der Waals surface area (Å²) in [6.07, 6.45) is 1.73. The first-order chi connectivity index (χ1) is 14.4. The Hall–Kier alpha value is -3.69. The molecule has 0 aliphatic carbocycles. The number of nitrogens with zero attached hydrogens (tertiary/aromatic N) is 3. The molecule has 7 heteroatoms. The smallest absolute Gasteiger partial charge is 0.269 e. The molecule has 1 aromatic carbocycles. The molecule has 3 aromatic heterocycles. The van der Waals surface area contributed by atoms with E-state index in [1.165, 1.54) is 6.07 Å². The summed E-state index contributed by atoms with van der Waals surface area (Å²) in [5, 5.41) is 9.63. The lowest BCUT2D eigenvalue weighted by atomic mass is 9.99. The molecule has 148 valence electrons. The van der Waals surface area contributed by atoms with Crippen LogP contribution in [0.25, 0.3) is 33.4 Å². The van der Waals surface area contributed by atoms with Crippen LogP contribution >= 0.6 is 11.6 Å². The van der Waals surface area contributed by atoms with E-state index in [1.807, 2.05) is 50.2 Å². The summed E-state index contributed by atoms with van der Waals surface area (Å²) < 4.78 is 1.56. The zero-order valence-corrected chi connectivity index (χ0v) is 17.1. The van der Waals surface area contributed by atoms with E-state index in [1.54, 1.807) is 22.9 Å². The molecule has 0 radical (unpaired) electrons. The second kappa shape index (κ2) is 7.62. The van der Waals surface area contributed by atoms with Crippen LogP contribution in [0.1, 0.15) is 25.6 Å². The van der Waals surface area contributed by atoms with Gasteiger partial charge in [0.1, 0.15) is 22.4 Å². The zero-order valence-electron chi connectivity index (χ0n) is 16.3. The van der Waals surface area contributed by atoms with Gasteiger partial charge in [-0.1, -0.05) is 41.9 Å². The number of nitrogens with one attached hydrogen (secondary N) is 1. The third-order valence-electron chi connectivity index (χ3n) is 4.85. The van der Waals surface area contributed by atoms with Crippen molar-refractivity contribution in [1.82, 2.24) is 14.5 Å². The van der Waals surface area contributed by atoms with E-state index in [-0.39, 0.29) is 27.7 Å². The number of halogens is 1. The van der Waals surface area contributed by atoms with Crippen molar-refractivity contribution in [1.29, 1.82) is 5.26 Å². The molecule has 0 aliphatic rings. The Labute approximate surface area is 177 Å². The fraction of sp³-hybridized carbons (Fsp3) is 0.130. The van der Waals surface area contributed by atoms with Gasteiger partial charge < -0.3 is 9.55 Å². The molecule has 6 nitrogen and oxygen atoms in total. The van der Waals surface area contributed by atoms with Gasteiger partial charge in [-0.05, 0) is 26.0 Å². The van der Waals surface area contributed by atoms with Gasteiger partial charge >= 0.3 is 0 Å². The molecule has 0 atom stereocenters. The van der Waals surface area contributed by atoms with Crippen LogP contribution in [0, 0.1) is 11.3 Å². The van der Waals surface area contributed by atoms with Gasteiger partial charge in [0.15, 0.2) is 5.43 Å². The lowest BCUT2D eigenvalue weighted by Crippen LogP contribution is -2.21. The quantitative estimate of drug-likeness (QED) is 0.531. The summed E-state index contributed by atoms with van der Waals surface area (Å²) in [7, 11) is 0. The third-order valence-corrected chi connectivity index (χ3v) is 5.12. The molecule has 30 heavy (non-hydrogen) atoms. The minimum Gasteiger partial charge on any atom is -0.331 e. The highest BCUT2D eigenvalue weighted by molar-refractivity contribution is 6.30. The van der Waals surface area contributed by atoms with E-state index >= 15 is 0 Å². The molecule has 0 aliphatic heterocycles. The second-order valence-electron chi connectivity index (χ2n) is 7.19. The maximum Gasteiger partial charge on any atom is 0.269 e. The Kier molecular flexibility index (Phi) is 4.98. The van der Waals surface area contributed by atoms with E-state index in [2.05, 4.69) is 9.97 Å². The number of fused-ring (bicyclic) bond motifs is 1. The largest absolute Gasteiger partial charge is 0.331 e. The van der Waals surface area contributed by atoms with Crippen molar-refractivity contribution in [2.75, 3.05) is 0 Å². The van der Waals surface area contributed by atoms with Crippen molar-refractivity contribution in [3.05, 3.63) is 86.0 Å². The van der Waals surface area contributed by atoms with Crippen molar-refractivity contribution in [3.8, 4) is 28.5 Å². The molecule has 0 saturated carbocycles. The maximum absolute atomic E-state index is 12.6. The number of benzene rings is 1. The Morgan fingerprint density at radius 3 is 2.50 bits per heavy atom. The average Bonchev–Trinajstić information content (AvgIpc) is 2.75. The molecule has 0 saturated heterocycles. The minimum absolute atomic E-state index is 0.0917. The molecule has 4 aromatic rings. The topological polar surface area (TPSA) is 91.5 Å². The number of pyridine rings is 3. The van der Waals surface area contributed by atoms with Crippen molar-refractivity contribution in [2.45, 2.75) is 19.9 Å². The number of H-pyrrole nitrogens is 1. The lowest BCUT2D eigenvalue weighted by Gasteiger charge is -2.15. The predicted molar refractivity (Wildman–Crippen MR) is 118 cm³/mol. The fourth-order valence-corrected chi connectivity index (χ4v) is 3.58. The molecule has 3 heterocycles. The van der Waals surface area contributed by atoms with Crippen LogP contribution < -0.4 is 11.0 Å². The van der Waals surface area contributed by atoms with Crippen molar-refractivity contribution >= 4 is 22.6 Å². The first kappa shape index (κ1) is 19.6. The Morgan fingerprint density at radius 1 is 1.10 bits per heavy atom. The van der Waals surface area contributed by atoms with Crippen molar-refractivity contribution in [3.63, 3.8) is 0 Å². The highest BCUT2D eigenvalue weighted by atomic mass is 35.5. The number of rotatable bonds is 3. The van der Waals surface area contributed by atoms with Gasteiger partial charge in [0.05, 0.1) is 11.1 Å². The van der Waals surface area contributed by atoms with Gasteiger partial charge in [-0.15, -0.1) is 0 Å². The number of aromatic amines is 1. The van der Waals surface area contributed by atoms with Gasteiger partial charge in [-0.25, -0.2) is 4.98 Å². The first-order valence-electron chi connectivity index (χ1n) is 9.34. The molecule has 0 fully saturated rings. The molecule has 4 rings (SSSR count). The first-order valence-corrected chi connectivity index (χ1v) is 9.72. The van der Waals surface area contributed by atoms with Crippen LogP contribution in [0.15, 0.2) is 64.3 Å². The van der Waals surface area contributed by atoms with Crippen LogP contribution in [0.5, 0.6) is 0 Å². The summed E-state index contributed by atoms with van der Waals surface area (Å²) in [5.41, 5.74) is 2.66. The van der Waals surface area contributed by atoms with Gasteiger partial charge in [0.2, 0.25) is 0 Å². The predicted octanol–water partition coefficient (Wildman–Crippen LogP) is 4.52. The number of aromatic nitrogens is 3. The Morgan fingerprint density at radius 2 is 1.83 bits per heavy atom. The average molecular weight is 417 g/mol. The number of nitriles is 1. The summed E-state index contributed by atoms with van der Waals surface area (Å²) in [6.45, 7) is 3.79. The molecule has 0 bridgehead atoms. The lowest BCUT2D eigenvalue weighted by molar-refractivity contribution is 0.579. The van der Waals surface area contributed by atoms with Crippen LogP contribution in [-0.4, -0.2) is 14.5 Å².